The van der Waals surface area contributed by atoms with Gasteiger partial charge in [0.1, 0.15) is 6.61 Å². The smallest absolute Gasteiger partial charge is 0.304 e. The second-order valence-electron chi connectivity index (χ2n) is 3.39. The van der Waals surface area contributed by atoms with Crippen molar-refractivity contribution in [1.29, 1.82) is 0 Å². The van der Waals surface area contributed by atoms with Crippen LogP contribution in [-0.2, 0) is 14.3 Å². The number of carboxylic acid groups (broad SMARTS) is 2. The van der Waals surface area contributed by atoms with Gasteiger partial charge in [-0.25, -0.2) is 0 Å². The summed E-state index contributed by atoms with van der Waals surface area (Å²) in [4.78, 5) is 22.6. The van der Waals surface area contributed by atoms with E-state index in [9.17, 15) is 9.59 Å². The molecule has 0 aromatic carbocycles. The lowest BCUT2D eigenvalue weighted by molar-refractivity contribution is -0.137. The van der Waals surface area contributed by atoms with E-state index in [0.717, 1.165) is 0 Å². The molecule has 0 radical (unpaired) electrons. The van der Waals surface area contributed by atoms with Crippen LogP contribution in [0.25, 0.3) is 0 Å². The normalized spacial score (nSPS) is 10.1. The highest BCUT2D eigenvalue weighted by molar-refractivity contribution is 5.67. The van der Waals surface area contributed by atoms with Crippen molar-refractivity contribution in [1.82, 2.24) is 4.90 Å². The van der Waals surface area contributed by atoms with Crippen molar-refractivity contribution in [3.63, 3.8) is 0 Å². The fraction of sp³-hybridized carbons (Fsp3) is 0.636. The average molecular weight is 243 g/mol. The lowest BCUT2D eigenvalue weighted by Gasteiger charge is -2.20. The van der Waals surface area contributed by atoms with Gasteiger partial charge in [0.05, 0.1) is 19.4 Å². The van der Waals surface area contributed by atoms with E-state index in [1.165, 1.54) is 0 Å². The molecule has 0 saturated heterocycles. The fourth-order valence-corrected chi connectivity index (χ4v) is 1.17. The van der Waals surface area contributed by atoms with Gasteiger partial charge in [0.25, 0.3) is 0 Å². The number of hydrogen-bond donors (Lipinski definition) is 2. The topological polar surface area (TPSA) is 87.1 Å². The quantitative estimate of drug-likeness (QED) is 0.411. The van der Waals surface area contributed by atoms with E-state index in [1.807, 2.05) is 0 Å². The largest absolute Gasteiger partial charge is 0.481 e. The minimum absolute atomic E-state index is 0.0191. The molecule has 17 heavy (non-hydrogen) atoms. The van der Waals surface area contributed by atoms with Crippen molar-refractivity contribution in [2.75, 3.05) is 32.8 Å². The highest BCUT2D eigenvalue weighted by Gasteiger charge is 2.09. The van der Waals surface area contributed by atoms with Crippen molar-refractivity contribution in [3.05, 3.63) is 0 Å². The molecule has 0 aliphatic rings. The van der Waals surface area contributed by atoms with Gasteiger partial charge in [-0.1, -0.05) is 5.92 Å². The summed E-state index contributed by atoms with van der Waals surface area (Å²) in [7, 11) is 0. The van der Waals surface area contributed by atoms with Gasteiger partial charge in [-0.15, -0.1) is 6.42 Å². The second kappa shape index (κ2) is 9.63. The highest BCUT2D eigenvalue weighted by Crippen LogP contribution is 1.95. The Morgan fingerprint density at radius 1 is 1.12 bits per heavy atom. The zero-order chi connectivity index (χ0) is 13.1. The monoisotopic (exact) mass is 243 g/mol. The van der Waals surface area contributed by atoms with Gasteiger partial charge in [-0.05, 0) is 0 Å². The zero-order valence-corrected chi connectivity index (χ0v) is 9.59. The van der Waals surface area contributed by atoms with E-state index in [2.05, 4.69) is 5.92 Å². The van der Waals surface area contributed by atoms with Crippen molar-refractivity contribution >= 4 is 11.9 Å². The molecule has 6 nitrogen and oxygen atoms in total. The first-order valence-corrected chi connectivity index (χ1v) is 5.23. The van der Waals surface area contributed by atoms with Crippen LogP contribution in [0.4, 0.5) is 0 Å². The molecule has 96 valence electrons. The summed E-state index contributed by atoms with van der Waals surface area (Å²) in [5.74, 6) is 0.498. The maximum absolute atomic E-state index is 10.4. The van der Waals surface area contributed by atoms with Crippen LogP contribution in [0.5, 0.6) is 0 Å². The molecule has 2 N–H and O–H groups in total. The summed E-state index contributed by atoms with van der Waals surface area (Å²) in [6.07, 6.45) is 4.96. The number of carboxylic acids is 2. The number of ether oxygens (including phenoxy) is 1. The van der Waals surface area contributed by atoms with E-state index < -0.39 is 11.9 Å². The summed E-state index contributed by atoms with van der Waals surface area (Å²) < 4.78 is 5.05. The number of nitrogens with zero attached hydrogens (tertiary/aromatic N) is 1. The molecular weight excluding hydrogens is 226 g/mol. The molecule has 0 amide bonds. The van der Waals surface area contributed by atoms with Crippen LogP contribution in [0, 0.1) is 12.3 Å². The maximum atomic E-state index is 10.4. The predicted octanol–water partition coefficient (Wildman–Crippen LogP) is -0.112. The molecule has 0 rings (SSSR count). The number of aliphatic carboxylic acids is 2. The van der Waals surface area contributed by atoms with E-state index >= 15 is 0 Å². The highest BCUT2D eigenvalue weighted by atomic mass is 16.5. The SMILES string of the molecule is C#CCOCCN(CCC(=O)O)CCC(=O)O. The van der Waals surface area contributed by atoms with Crippen molar-refractivity contribution < 1.29 is 24.5 Å². The lowest BCUT2D eigenvalue weighted by Crippen LogP contribution is -2.32. The van der Waals surface area contributed by atoms with Crippen LogP contribution in [0.15, 0.2) is 0 Å². The maximum Gasteiger partial charge on any atom is 0.304 e. The van der Waals surface area contributed by atoms with E-state index in [0.29, 0.717) is 26.2 Å². The van der Waals surface area contributed by atoms with Gasteiger partial charge in [0.2, 0.25) is 0 Å². The molecule has 0 bridgehead atoms. The Kier molecular flexibility index (Phi) is 8.74. The first kappa shape index (κ1) is 15.4. The average Bonchev–Trinajstić information content (AvgIpc) is 2.26. The van der Waals surface area contributed by atoms with Crippen molar-refractivity contribution in [2.24, 2.45) is 0 Å². The van der Waals surface area contributed by atoms with Crippen LogP contribution in [0.1, 0.15) is 12.8 Å². The summed E-state index contributed by atoms with van der Waals surface area (Å²) in [6.45, 7) is 1.65. The summed E-state index contributed by atoms with van der Waals surface area (Å²) in [5, 5.41) is 17.1. The minimum atomic E-state index is -0.908. The summed E-state index contributed by atoms with van der Waals surface area (Å²) in [6, 6.07) is 0. The number of hydrogen-bond acceptors (Lipinski definition) is 4. The summed E-state index contributed by atoms with van der Waals surface area (Å²) >= 11 is 0. The third-order valence-electron chi connectivity index (χ3n) is 2.02. The number of rotatable bonds is 10. The molecule has 0 aromatic rings. The van der Waals surface area contributed by atoms with Crippen molar-refractivity contribution in [3.8, 4) is 12.3 Å². The Labute approximate surface area is 100 Å². The van der Waals surface area contributed by atoms with Gasteiger partial charge >= 0.3 is 11.9 Å². The van der Waals surface area contributed by atoms with E-state index in [4.69, 9.17) is 21.4 Å². The second-order valence-corrected chi connectivity index (χ2v) is 3.39. The molecule has 0 aromatic heterocycles. The van der Waals surface area contributed by atoms with Crippen LogP contribution in [0.3, 0.4) is 0 Å². The van der Waals surface area contributed by atoms with Gasteiger partial charge in [-0.3, -0.25) is 14.5 Å². The van der Waals surface area contributed by atoms with Gasteiger partial charge in [-0.2, -0.15) is 0 Å². The first-order valence-electron chi connectivity index (χ1n) is 5.23. The van der Waals surface area contributed by atoms with Crippen LogP contribution in [-0.4, -0.2) is 59.9 Å². The molecule has 0 aliphatic carbocycles. The molecule has 6 heteroatoms. The van der Waals surface area contributed by atoms with Crippen molar-refractivity contribution in [2.45, 2.75) is 12.8 Å². The Bertz CT molecular complexity index is 266. The van der Waals surface area contributed by atoms with Gasteiger partial charge < -0.3 is 14.9 Å². The van der Waals surface area contributed by atoms with Crippen LogP contribution >= 0.6 is 0 Å². The van der Waals surface area contributed by atoms with E-state index in [-0.39, 0.29) is 19.4 Å². The Morgan fingerprint density at radius 2 is 1.65 bits per heavy atom. The molecular formula is C11H17NO5. The van der Waals surface area contributed by atoms with E-state index in [1.54, 1.807) is 4.90 Å². The minimum Gasteiger partial charge on any atom is -0.481 e. The number of terminal acetylenes is 1. The predicted molar refractivity (Wildman–Crippen MR) is 60.6 cm³/mol. The molecule has 0 saturated carbocycles. The zero-order valence-electron chi connectivity index (χ0n) is 9.59. The molecule has 0 heterocycles. The van der Waals surface area contributed by atoms with Gasteiger partial charge in [0.15, 0.2) is 0 Å². The third-order valence-corrected chi connectivity index (χ3v) is 2.02. The lowest BCUT2D eigenvalue weighted by atomic mass is 10.3. The molecule has 0 atom stereocenters. The van der Waals surface area contributed by atoms with Crippen LogP contribution in [0.2, 0.25) is 0 Å². The molecule has 0 spiro atoms. The summed E-state index contributed by atoms with van der Waals surface area (Å²) in [5.41, 5.74) is 0. The standard InChI is InChI=1S/C11H17NO5/c1-2-8-17-9-7-12(5-3-10(13)14)6-4-11(15)16/h1H,3-9H2,(H,13,14)(H,15,16). The Hall–Kier alpha value is -1.58. The Morgan fingerprint density at radius 3 is 2.06 bits per heavy atom. The molecule has 0 unspecified atom stereocenters. The third kappa shape index (κ3) is 10.7. The fourth-order valence-electron chi connectivity index (χ4n) is 1.17. The molecule has 0 fully saturated rings. The Balaban J connectivity index is 3.88. The number of carbonyl (C=O) groups is 2. The first-order chi connectivity index (χ1) is 8.06. The van der Waals surface area contributed by atoms with Crippen LogP contribution < -0.4 is 0 Å². The van der Waals surface area contributed by atoms with Gasteiger partial charge in [0, 0.05) is 19.6 Å². The molecule has 0 aliphatic heterocycles.